The number of hydrogen-bond donors (Lipinski definition) is 0. The number of carbonyl (C=O) groups excluding carboxylic acids is 1. The Labute approximate surface area is 162 Å². The molecule has 6 nitrogen and oxygen atoms in total. The summed E-state index contributed by atoms with van der Waals surface area (Å²) in [4.78, 5) is 31.3. The molecule has 4 rings (SSSR count). The number of β-lactam (4-membered cyclic amide) rings is 1. The monoisotopic (exact) mass is 377 g/mol. The molecule has 0 saturated carbocycles. The van der Waals surface area contributed by atoms with Gasteiger partial charge in [-0.15, -0.1) is 0 Å². The first-order chi connectivity index (χ1) is 13.6. The van der Waals surface area contributed by atoms with Gasteiger partial charge >= 0.3 is 0 Å². The van der Waals surface area contributed by atoms with Crippen molar-refractivity contribution in [2.24, 2.45) is 0 Å². The second-order valence-electron chi connectivity index (χ2n) is 6.96. The summed E-state index contributed by atoms with van der Waals surface area (Å²) in [6.45, 7) is 2.73. The van der Waals surface area contributed by atoms with Crippen LogP contribution in [0.3, 0.4) is 0 Å². The largest absolute Gasteiger partial charge is 0.296 e. The van der Waals surface area contributed by atoms with Gasteiger partial charge in [0.25, 0.3) is 0 Å². The van der Waals surface area contributed by atoms with Crippen LogP contribution in [0.25, 0.3) is 0 Å². The SMILES string of the molecule is C[C@H](Cc1nc(Cc2cnccn2)cc(N2CCC2=O)n1)c1ccc(F)cc1. The summed E-state index contributed by atoms with van der Waals surface area (Å²) >= 11 is 0. The van der Waals surface area contributed by atoms with Crippen LogP contribution < -0.4 is 4.90 Å². The molecule has 1 amide bonds. The first-order valence-corrected chi connectivity index (χ1v) is 9.26. The van der Waals surface area contributed by atoms with E-state index in [2.05, 4.69) is 26.9 Å². The zero-order chi connectivity index (χ0) is 19.5. The topological polar surface area (TPSA) is 71.9 Å². The van der Waals surface area contributed by atoms with E-state index in [1.165, 1.54) is 12.1 Å². The van der Waals surface area contributed by atoms with Crippen molar-refractivity contribution in [1.29, 1.82) is 0 Å². The Morgan fingerprint density at radius 3 is 2.61 bits per heavy atom. The van der Waals surface area contributed by atoms with E-state index in [0.717, 1.165) is 17.0 Å². The lowest BCUT2D eigenvalue weighted by atomic mass is 9.97. The lowest BCUT2D eigenvalue weighted by molar-refractivity contribution is -0.122. The maximum absolute atomic E-state index is 13.2. The number of halogens is 1. The van der Waals surface area contributed by atoms with Gasteiger partial charge in [-0.2, -0.15) is 0 Å². The molecule has 28 heavy (non-hydrogen) atoms. The third-order valence-electron chi connectivity index (χ3n) is 4.85. The fraction of sp³-hybridized carbons (Fsp3) is 0.286. The summed E-state index contributed by atoms with van der Waals surface area (Å²) in [6.07, 6.45) is 6.64. The highest BCUT2D eigenvalue weighted by atomic mass is 19.1. The van der Waals surface area contributed by atoms with E-state index in [1.807, 2.05) is 6.07 Å². The Morgan fingerprint density at radius 2 is 1.96 bits per heavy atom. The Kier molecular flexibility index (Phi) is 5.06. The summed E-state index contributed by atoms with van der Waals surface area (Å²) < 4.78 is 13.2. The minimum Gasteiger partial charge on any atom is -0.296 e. The van der Waals surface area contributed by atoms with E-state index >= 15 is 0 Å². The molecule has 1 fully saturated rings. The van der Waals surface area contributed by atoms with Gasteiger partial charge in [0.15, 0.2) is 0 Å². The van der Waals surface area contributed by atoms with Crippen LogP contribution in [0.5, 0.6) is 0 Å². The molecular formula is C21H20FN5O. The molecule has 0 aliphatic carbocycles. The van der Waals surface area contributed by atoms with Gasteiger partial charge in [0.1, 0.15) is 17.5 Å². The van der Waals surface area contributed by atoms with Crippen LogP contribution in [0, 0.1) is 5.82 Å². The quantitative estimate of drug-likeness (QED) is 0.618. The zero-order valence-electron chi connectivity index (χ0n) is 15.5. The maximum Gasteiger partial charge on any atom is 0.229 e. The highest BCUT2D eigenvalue weighted by Gasteiger charge is 2.27. The minimum absolute atomic E-state index is 0.0710. The molecule has 142 valence electrons. The van der Waals surface area contributed by atoms with Crippen LogP contribution in [0.15, 0.2) is 48.9 Å². The molecule has 0 radical (unpaired) electrons. The molecule has 7 heteroatoms. The Bertz CT molecular complexity index is 978. The van der Waals surface area contributed by atoms with Gasteiger partial charge in [0.2, 0.25) is 5.91 Å². The average molecular weight is 377 g/mol. The van der Waals surface area contributed by atoms with Crippen molar-refractivity contribution < 1.29 is 9.18 Å². The van der Waals surface area contributed by atoms with Gasteiger partial charge in [-0.1, -0.05) is 19.1 Å². The number of anilines is 1. The van der Waals surface area contributed by atoms with E-state index in [0.29, 0.717) is 37.4 Å². The van der Waals surface area contributed by atoms with Crippen LogP contribution >= 0.6 is 0 Å². The molecule has 1 saturated heterocycles. The van der Waals surface area contributed by atoms with E-state index < -0.39 is 0 Å². The molecule has 1 atom stereocenters. The average Bonchev–Trinajstić information content (AvgIpc) is 2.68. The van der Waals surface area contributed by atoms with E-state index in [1.54, 1.807) is 35.6 Å². The zero-order valence-corrected chi connectivity index (χ0v) is 15.5. The van der Waals surface area contributed by atoms with E-state index in [-0.39, 0.29) is 17.6 Å². The number of benzene rings is 1. The molecule has 0 bridgehead atoms. The molecule has 2 aromatic heterocycles. The number of nitrogens with zero attached hydrogens (tertiary/aromatic N) is 5. The predicted molar refractivity (Wildman–Crippen MR) is 102 cm³/mol. The van der Waals surface area contributed by atoms with Crippen LogP contribution in [0.1, 0.15) is 42.0 Å². The van der Waals surface area contributed by atoms with Crippen molar-refractivity contribution in [1.82, 2.24) is 19.9 Å². The van der Waals surface area contributed by atoms with Gasteiger partial charge in [-0.05, 0) is 23.6 Å². The molecule has 3 heterocycles. The van der Waals surface area contributed by atoms with Crippen molar-refractivity contribution in [2.75, 3.05) is 11.4 Å². The van der Waals surface area contributed by atoms with Crippen molar-refractivity contribution >= 4 is 11.7 Å². The van der Waals surface area contributed by atoms with Crippen LogP contribution in [-0.4, -0.2) is 32.4 Å². The standard InChI is InChI=1S/C21H20FN5O/c1-14(15-2-4-16(22)5-3-15)10-19-25-17(11-18-13-23-7-8-24-18)12-20(26-19)27-9-6-21(27)28/h2-5,7-8,12-14H,6,9-11H2,1H3/t14-/m1/s1. The summed E-state index contributed by atoms with van der Waals surface area (Å²) in [7, 11) is 0. The molecule has 0 spiro atoms. The smallest absolute Gasteiger partial charge is 0.229 e. The molecular weight excluding hydrogens is 357 g/mol. The van der Waals surface area contributed by atoms with E-state index in [4.69, 9.17) is 0 Å². The Morgan fingerprint density at radius 1 is 1.14 bits per heavy atom. The van der Waals surface area contributed by atoms with Crippen molar-refractivity contribution in [3.05, 3.63) is 77.5 Å². The highest BCUT2D eigenvalue weighted by Crippen LogP contribution is 2.24. The summed E-state index contributed by atoms with van der Waals surface area (Å²) in [5, 5.41) is 0. The van der Waals surface area contributed by atoms with Crippen molar-refractivity contribution in [3.8, 4) is 0 Å². The van der Waals surface area contributed by atoms with Gasteiger partial charge in [0, 0.05) is 50.5 Å². The van der Waals surface area contributed by atoms with Crippen molar-refractivity contribution in [2.45, 2.75) is 32.1 Å². The fourth-order valence-electron chi connectivity index (χ4n) is 3.20. The first-order valence-electron chi connectivity index (χ1n) is 9.26. The van der Waals surface area contributed by atoms with Gasteiger partial charge < -0.3 is 0 Å². The maximum atomic E-state index is 13.2. The second-order valence-corrected chi connectivity index (χ2v) is 6.96. The molecule has 0 N–H and O–H groups in total. The molecule has 0 unspecified atom stereocenters. The Balaban J connectivity index is 1.61. The third-order valence-corrected chi connectivity index (χ3v) is 4.85. The normalized spacial score (nSPS) is 14.6. The number of rotatable bonds is 6. The molecule has 1 aliphatic heterocycles. The van der Waals surface area contributed by atoms with Crippen LogP contribution in [0.2, 0.25) is 0 Å². The number of amides is 1. The van der Waals surface area contributed by atoms with E-state index in [9.17, 15) is 9.18 Å². The molecule has 1 aromatic carbocycles. The van der Waals surface area contributed by atoms with Crippen LogP contribution in [0.4, 0.5) is 10.2 Å². The highest BCUT2D eigenvalue weighted by molar-refractivity contribution is 5.98. The lowest BCUT2D eigenvalue weighted by Gasteiger charge is -2.30. The van der Waals surface area contributed by atoms with Gasteiger partial charge in [-0.3, -0.25) is 19.7 Å². The minimum atomic E-state index is -0.253. The Hall–Kier alpha value is -3.22. The number of aromatic nitrogens is 4. The predicted octanol–water partition coefficient (Wildman–Crippen LogP) is 3.08. The fourth-order valence-corrected chi connectivity index (χ4v) is 3.20. The first kappa shape index (κ1) is 18.2. The summed E-state index contributed by atoms with van der Waals surface area (Å²) in [6, 6.07) is 8.33. The van der Waals surface area contributed by atoms with Crippen molar-refractivity contribution in [3.63, 3.8) is 0 Å². The van der Waals surface area contributed by atoms with Gasteiger partial charge in [-0.25, -0.2) is 14.4 Å². The van der Waals surface area contributed by atoms with Crippen LogP contribution in [-0.2, 0) is 17.6 Å². The molecule has 3 aromatic rings. The molecule has 1 aliphatic rings. The summed E-state index contributed by atoms with van der Waals surface area (Å²) in [5.74, 6) is 1.23. The summed E-state index contributed by atoms with van der Waals surface area (Å²) in [5.41, 5.74) is 2.62. The third kappa shape index (κ3) is 4.03. The lowest BCUT2D eigenvalue weighted by Crippen LogP contribution is -2.44. The second kappa shape index (κ2) is 7.80. The number of carbonyl (C=O) groups is 1. The number of hydrogen-bond acceptors (Lipinski definition) is 5. The van der Waals surface area contributed by atoms with Gasteiger partial charge in [0.05, 0.1) is 11.4 Å².